The minimum Gasteiger partial charge on any atom is -0.308 e. The van der Waals surface area contributed by atoms with Gasteiger partial charge < -0.3 is 10.1 Å². The van der Waals surface area contributed by atoms with Crippen LogP contribution in [0, 0.1) is 5.92 Å². The molecule has 0 unspecified atom stereocenters. The first-order chi connectivity index (χ1) is 7.88. The molecule has 86 valence electrons. The summed E-state index contributed by atoms with van der Waals surface area (Å²) in [6, 6.07) is 10.7. The molecule has 2 nitrogen and oxygen atoms in total. The Labute approximate surface area is 97.1 Å². The highest BCUT2D eigenvalue weighted by Gasteiger charge is 2.20. The van der Waals surface area contributed by atoms with Crippen LogP contribution in [0.1, 0.15) is 24.8 Å². The van der Waals surface area contributed by atoms with E-state index in [2.05, 4.69) is 35.6 Å². The fraction of sp³-hybridized carbons (Fsp3) is 0.500. The molecular formula is C14H19NO. The highest BCUT2D eigenvalue weighted by molar-refractivity contribution is 5.57. The summed E-state index contributed by atoms with van der Waals surface area (Å²) in [4.78, 5) is 10.7. The van der Waals surface area contributed by atoms with Crippen molar-refractivity contribution in [3.63, 3.8) is 0 Å². The Hall–Kier alpha value is -1.15. The molecule has 0 amide bonds. The topological polar surface area (TPSA) is 29.1 Å². The molecule has 1 aliphatic heterocycles. The number of piperidine rings is 1. The smallest absolute Gasteiger partial charge is 0.136 e. The van der Waals surface area contributed by atoms with Crippen LogP contribution in [0.15, 0.2) is 30.3 Å². The lowest BCUT2D eigenvalue weighted by molar-refractivity contribution is -0.110. The summed E-state index contributed by atoms with van der Waals surface area (Å²) in [5.41, 5.74) is 1.41. The van der Waals surface area contributed by atoms with Crippen molar-refractivity contribution < 1.29 is 4.79 Å². The second-order valence-corrected chi connectivity index (χ2v) is 4.61. The molecule has 2 heteroatoms. The zero-order valence-electron chi connectivity index (χ0n) is 9.56. The van der Waals surface area contributed by atoms with Gasteiger partial charge in [0.05, 0.1) is 6.04 Å². The van der Waals surface area contributed by atoms with Crippen molar-refractivity contribution in [1.82, 2.24) is 5.32 Å². The minimum absolute atomic E-state index is 0.0922. The van der Waals surface area contributed by atoms with E-state index < -0.39 is 0 Å². The highest BCUT2D eigenvalue weighted by Crippen LogP contribution is 2.21. The van der Waals surface area contributed by atoms with Crippen molar-refractivity contribution in [2.24, 2.45) is 5.92 Å². The van der Waals surface area contributed by atoms with E-state index in [0.717, 1.165) is 25.7 Å². The zero-order valence-corrected chi connectivity index (χ0v) is 9.56. The van der Waals surface area contributed by atoms with E-state index >= 15 is 0 Å². The van der Waals surface area contributed by atoms with Gasteiger partial charge in [-0.25, -0.2) is 0 Å². The average Bonchev–Trinajstić information content (AvgIpc) is 2.38. The van der Waals surface area contributed by atoms with Crippen LogP contribution in [0.5, 0.6) is 0 Å². The van der Waals surface area contributed by atoms with E-state index in [-0.39, 0.29) is 6.04 Å². The van der Waals surface area contributed by atoms with Gasteiger partial charge in [0.25, 0.3) is 0 Å². The van der Waals surface area contributed by atoms with Crippen molar-refractivity contribution >= 4 is 6.29 Å². The van der Waals surface area contributed by atoms with Crippen LogP contribution in [0.25, 0.3) is 0 Å². The Kier molecular flexibility index (Phi) is 4.11. The number of benzene rings is 1. The fourth-order valence-corrected chi connectivity index (χ4v) is 2.41. The minimum atomic E-state index is 0.0922. The van der Waals surface area contributed by atoms with Crippen LogP contribution in [0.4, 0.5) is 0 Å². The van der Waals surface area contributed by atoms with Crippen LogP contribution in [0.2, 0.25) is 0 Å². The summed E-state index contributed by atoms with van der Waals surface area (Å²) in [6.07, 6.45) is 5.61. The fourth-order valence-electron chi connectivity index (χ4n) is 2.41. The number of hydrogen-bond donors (Lipinski definition) is 1. The maximum Gasteiger partial charge on any atom is 0.136 e. The van der Waals surface area contributed by atoms with Crippen molar-refractivity contribution in [3.8, 4) is 0 Å². The highest BCUT2D eigenvalue weighted by atomic mass is 16.1. The first-order valence-electron chi connectivity index (χ1n) is 6.11. The van der Waals surface area contributed by atoms with E-state index in [1.807, 2.05) is 0 Å². The molecule has 16 heavy (non-hydrogen) atoms. The number of hydrogen-bond acceptors (Lipinski definition) is 2. The molecule has 2 rings (SSSR count). The van der Waals surface area contributed by atoms with E-state index in [1.54, 1.807) is 0 Å². The molecule has 1 heterocycles. The van der Waals surface area contributed by atoms with Gasteiger partial charge in [-0.3, -0.25) is 0 Å². The van der Waals surface area contributed by atoms with Crippen molar-refractivity contribution in [1.29, 1.82) is 0 Å². The van der Waals surface area contributed by atoms with Gasteiger partial charge in [-0.1, -0.05) is 30.3 Å². The number of carbonyl (C=O) groups is 1. The molecule has 1 aromatic rings. The van der Waals surface area contributed by atoms with E-state index in [4.69, 9.17) is 0 Å². The monoisotopic (exact) mass is 217 g/mol. The lowest BCUT2D eigenvalue weighted by Gasteiger charge is -2.27. The molecular weight excluding hydrogens is 198 g/mol. The largest absolute Gasteiger partial charge is 0.308 e. The molecule has 0 spiro atoms. The Balaban J connectivity index is 1.79. The first kappa shape index (κ1) is 11.3. The summed E-state index contributed by atoms with van der Waals surface area (Å²) >= 11 is 0. The maximum absolute atomic E-state index is 10.7. The Morgan fingerprint density at radius 3 is 2.88 bits per heavy atom. The molecule has 1 saturated heterocycles. The summed E-state index contributed by atoms with van der Waals surface area (Å²) in [6.45, 7) is 0.989. The second-order valence-electron chi connectivity index (χ2n) is 4.61. The van der Waals surface area contributed by atoms with Crippen LogP contribution >= 0.6 is 0 Å². The summed E-state index contributed by atoms with van der Waals surface area (Å²) in [5.74, 6) is 0.705. The molecule has 1 N–H and O–H groups in total. The van der Waals surface area contributed by atoms with Gasteiger partial charge in [-0.15, -0.1) is 0 Å². The predicted molar refractivity (Wildman–Crippen MR) is 65.3 cm³/mol. The predicted octanol–water partition coefficient (Wildman–Crippen LogP) is 2.19. The van der Waals surface area contributed by atoms with Crippen LogP contribution < -0.4 is 5.32 Å². The van der Waals surface area contributed by atoms with E-state index in [0.29, 0.717) is 5.92 Å². The van der Waals surface area contributed by atoms with Crippen LogP contribution in [0.3, 0.4) is 0 Å². The molecule has 1 aromatic carbocycles. The summed E-state index contributed by atoms with van der Waals surface area (Å²) in [5, 5.41) is 3.23. The first-order valence-corrected chi connectivity index (χ1v) is 6.11. The van der Waals surface area contributed by atoms with Gasteiger partial charge in [0.15, 0.2) is 0 Å². The Morgan fingerprint density at radius 2 is 2.12 bits per heavy atom. The van der Waals surface area contributed by atoms with Crippen LogP contribution in [-0.4, -0.2) is 18.9 Å². The SMILES string of the molecule is O=C[C@@H]1C[C@H](CCc2ccccc2)CCN1. The van der Waals surface area contributed by atoms with Crippen LogP contribution in [-0.2, 0) is 11.2 Å². The lowest BCUT2D eigenvalue weighted by Crippen LogP contribution is -2.39. The van der Waals surface area contributed by atoms with Gasteiger partial charge in [-0.05, 0) is 43.7 Å². The van der Waals surface area contributed by atoms with Crippen molar-refractivity contribution in [3.05, 3.63) is 35.9 Å². The van der Waals surface area contributed by atoms with Gasteiger partial charge in [0.2, 0.25) is 0 Å². The second kappa shape index (κ2) is 5.80. The van der Waals surface area contributed by atoms with Crippen molar-refractivity contribution in [2.75, 3.05) is 6.54 Å². The van der Waals surface area contributed by atoms with Gasteiger partial charge >= 0.3 is 0 Å². The van der Waals surface area contributed by atoms with E-state index in [1.165, 1.54) is 18.4 Å². The summed E-state index contributed by atoms with van der Waals surface area (Å²) in [7, 11) is 0. The maximum atomic E-state index is 10.7. The van der Waals surface area contributed by atoms with E-state index in [9.17, 15) is 4.79 Å². The summed E-state index contributed by atoms with van der Waals surface area (Å²) < 4.78 is 0. The molecule has 0 bridgehead atoms. The number of nitrogens with one attached hydrogen (secondary N) is 1. The van der Waals surface area contributed by atoms with Gasteiger partial charge in [0, 0.05) is 0 Å². The number of carbonyl (C=O) groups excluding carboxylic acids is 1. The molecule has 1 aliphatic rings. The number of aryl methyl sites for hydroxylation is 1. The Bertz CT molecular complexity index is 323. The number of aldehydes is 1. The standard InChI is InChI=1S/C14H19NO/c16-11-14-10-13(8-9-15-14)7-6-12-4-2-1-3-5-12/h1-5,11,13-15H,6-10H2/t13-,14+/m1/s1. The quantitative estimate of drug-likeness (QED) is 0.783. The molecule has 0 aromatic heterocycles. The molecule has 0 aliphatic carbocycles. The lowest BCUT2D eigenvalue weighted by atomic mass is 9.88. The third kappa shape index (κ3) is 3.17. The molecule has 0 saturated carbocycles. The zero-order chi connectivity index (χ0) is 11.2. The average molecular weight is 217 g/mol. The van der Waals surface area contributed by atoms with Gasteiger partial charge in [-0.2, -0.15) is 0 Å². The molecule has 2 atom stereocenters. The van der Waals surface area contributed by atoms with Gasteiger partial charge in [0.1, 0.15) is 6.29 Å². The molecule has 0 radical (unpaired) electrons. The third-order valence-corrected chi connectivity index (χ3v) is 3.39. The number of rotatable bonds is 4. The third-order valence-electron chi connectivity index (χ3n) is 3.39. The Morgan fingerprint density at radius 1 is 1.31 bits per heavy atom. The molecule has 1 fully saturated rings. The van der Waals surface area contributed by atoms with Crippen molar-refractivity contribution in [2.45, 2.75) is 31.7 Å². The normalized spacial score (nSPS) is 25.2.